The highest BCUT2D eigenvalue weighted by atomic mass is 19.4. The third kappa shape index (κ3) is 12.6. The minimum absolute atomic E-state index is 0.0322. The molecule has 0 radical (unpaired) electrons. The molecular weight excluding hydrogens is 779 g/mol. The van der Waals surface area contributed by atoms with E-state index in [0.29, 0.717) is 12.0 Å². The fraction of sp³-hybridized carbons (Fsp3) is 0.655. The molecule has 1 aromatic heterocycles. The van der Waals surface area contributed by atoms with Gasteiger partial charge in [-0.25, -0.2) is 28.2 Å². The van der Waals surface area contributed by atoms with Crippen LogP contribution in [-0.4, -0.2) is 91.2 Å². The predicted molar refractivity (Wildman–Crippen MR) is 146 cm³/mol. The van der Waals surface area contributed by atoms with E-state index in [1.807, 2.05) is 6.92 Å². The van der Waals surface area contributed by atoms with Crippen molar-refractivity contribution in [1.82, 2.24) is 9.97 Å². The maximum atomic E-state index is 14.1. The van der Waals surface area contributed by atoms with Gasteiger partial charge in [-0.2, -0.15) is 65.9 Å². The van der Waals surface area contributed by atoms with Crippen LogP contribution < -0.4 is 9.47 Å². The van der Waals surface area contributed by atoms with Crippen LogP contribution in [0.15, 0.2) is 36.7 Å². The molecule has 0 N–H and O–H groups in total. The van der Waals surface area contributed by atoms with Crippen LogP contribution in [0.25, 0.3) is 11.4 Å². The van der Waals surface area contributed by atoms with E-state index in [4.69, 9.17) is 9.47 Å². The van der Waals surface area contributed by atoms with E-state index >= 15 is 0 Å². The summed E-state index contributed by atoms with van der Waals surface area (Å²) in [5, 5.41) is 0. The van der Waals surface area contributed by atoms with Crippen LogP contribution in [0.4, 0.5) is 74.6 Å². The fourth-order valence-corrected chi connectivity index (χ4v) is 3.76. The third-order valence-electron chi connectivity index (χ3n) is 6.53. The van der Waals surface area contributed by atoms with Crippen LogP contribution in [0.1, 0.15) is 39.0 Å². The molecule has 304 valence electrons. The zero-order chi connectivity index (χ0) is 40.5. The van der Waals surface area contributed by atoms with Crippen molar-refractivity contribution < 1.29 is 98.3 Å². The van der Waals surface area contributed by atoms with Gasteiger partial charge in [0.05, 0.1) is 19.0 Å². The molecular formula is C29H29F17N2O5. The van der Waals surface area contributed by atoms with Crippen LogP contribution in [0.5, 0.6) is 11.5 Å². The summed E-state index contributed by atoms with van der Waals surface area (Å²) in [6.45, 7) is -3.12. The molecule has 0 saturated carbocycles. The average Bonchev–Trinajstić information content (AvgIpc) is 3.03. The summed E-state index contributed by atoms with van der Waals surface area (Å²) in [5.74, 6) is -15.5. The summed E-state index contributed by atoms with van der Waals surface area (Å²) in [7, 11) is 0. The van der Waals surface area contributed by atoms with Gasteiger partial charge >= 0.3 is 42.5 Å². The molecule has 0 bridgehead atoms. The number of aromatic nitrogens is 2. The number of nitrogens with zero attached hydrogens (tertiary/aromatic N) is 2. The standard InChI is InChI=1S/C29H29F17N2O5/c1-2-3-4-5-6-18(30)14-51-21-11-47-22(48-12-21)17-7-9-20(10-8-17)50-15-19(31)13-49-16-23(32,33)52-28(43,44)29(45,46)53-27(41,42)25(36,37)24(34,35)26(38,39)40/h7-12,18-19H,2-6,13-16H2,1H3. The van der Waals surface area contributed by atoms with Crippen LogP contribution in [-0.2, 0) is 14.2 Å². The normalized spacial score (nSPS) is 15.0. The number of rotatable bonds is 23. The van der Waals surface area contributed by atoms with Gasteiger partial charge in [-0.15, -0.1) is 0 Å². The highest BCUT2D eigenvalue weighted by Crippen LogP contribution is 2.56. The third-order valence-corrected chi connectivity index (χ3v) is 6.53. The number of ether oxygens (including phenoxy) is 5. The van der Waals surface area contributed by atoms with Crippen LogP contribution in [0.3, 0.4) is 0 Å². The summed E-state index contributed by atoms with van der Waals surface area (Å²) in [4.78, 5) is 8.15. The molecule has 1 heterocycles. The predicted octanol–water partition coefficient (Wildman–Crippen LogP) is 9.80. The maximum Gasteiger partial charge on any atom is 0.460 e. The minimum Gasteiger partial charge on any atom is -0.490 e. The van der Waals surface area contributed by atoms with Crippen LogP contribution in [0, 0.1) is 0 Å². The number of unbranched alkanes of at least 4 members (excludes halogenated alkanes) is 3. The fourth-order valence-electron chi connectivity index (χ4n) is 3.76. The van der Waals surface area contributed by atoms with Gasteiger partial charge in [0.2, 0.25) is 0 Å². The van der Waals surface area contributed by atoms with Gasteiger partial charge in [-0.05, 0) is 30.7 Å². The van der Waals surface area contributed by atoms with Crippen LogP contribution in [0.2, 0.25) is 0 Å². The van der Waals surface area contributed by atoms with E-state index in [9.17, 15) is 74.6 Å². The minimum atomic E-state index is -7.98. The first kappa shape index (κ1) is 45.7. The first-order chi connectivity index (χ1) is 24.2. The second-order valence-corrected chi connectivity index (χ2v) is 11.0. The lowest BCUT2D eigenvalue weighted by Crippen LogP contribution is -2.64. The first-order valence-corrected chi connectivity index (χ1v) is 15.0. The van der Waals surface area contributed by atoms with Gasteiger partial charge in [0.25, 0.3) is 0 Å². The molecule has 1 aromatic carbocycles. The molecule has 2 atom stereocenters. The smallest absolute Gasteiger partial charge is 0.460 e. The maximum absolute atomic E-state index is 14.1. The van der Waals surface area contributed by atoms with Crippen molar-refractivity contribution in [2.24, 2.45) is 0 Å². The first-order valence-electron chi connectivity index (χ1n) is 15.0. The topological polar surface area (TPSA) is 71.9 Å². The monoisotopic (exact) mass is 808 g/mol. The molecule has 24 heteroatoms. The second kappa shape index (κ2) is 17.8. The Labute approximate surface area is 288 Å². The highest BCUT2D eigenvalue weighted by Gasteiger charge is 2.85. The van der Waals surface area contributed by atoms with E-state index in [1.54, 1.807) is 0 Å². The van der Waals surface area contributed by atoms with E-state index in [1.165, 1.54) is 41.4 Å². The molecule has 2 rings (SSSR count). The Morgan fingerprint density at radius 2 is 1.11 bits per heavy atom. The molecule has 0 aliphatic heterocycles. The van der Waals surface area contributed by atoms with Gasteiger partial charge in [0, 0.05) is 5.56 Å². The van der Waals surface area contributed by atoms with E-state index < -0.39 is 74.6 Å². The van der Waals surface area contributed by atoms with Crippen molar-refractivity contribution in [3.05, 3.63) is 36.7 Å². The lowest BCUT2D eigenvalue weighted by molar-refractivity contribution is -0.543. The van der Waals surface area contributed by atoms with Crippen molar-refractivity contribution in [1.29, 1.82) is 0 Å². The van der Waals surface area contributed by atoms with E-state index in [2.05, 4.69) is 19.4 Å². The lowest BCUT2D eigenvalue weighted by atomic mass is 10.1. The number of hydrogen-bond acceptors (Lipinski definition) is 7. The van der Waals surface area contributed by atoms with E-state index in [0.717, 1.165) is 25.7 Å². The van der Waals surface area contributed by atoms with Gasteiger partial charge in [0.15, 0.2) is 17.7 Å². The Kier molecular flexibility index (Phi) is 15.4. The summed E-state index contributed by atoms with van der Waals surface area (Å²) in [6, 6.07) is 5.36. The van der Waals surface area contributed by atoms with Crippen molar-refractivity contribution in [2.45, 2.75) is 93.8 Å². The Balaban J connectivity index is 1.85. The Bertz CT molecular complexity index is 1400. The Morgan fingerprint density at radius 3 is 1.66 bits per heavy atom. The molecule has 0 aliphatic rings. The van der Waals surface area contributed by atoms with Crippen LogP contribution >= 0.6 is 0 Å². The summed E-state index contributed by atoms with van der Waals surface area (Å²) >= 11 is 0. The Morgan fingerprint density at radius 1 is 0.585 bits per heavy atom. The molecule has 7 nitrogen and oxygen atoms in total. The SMILES string of the molecule is CCCCCCC(F)COc1cnc(-c2ccc(OCC(F)COCC(F)(F)OC(F)(F)C(F)(F)OC(F)(F)C(F)(F)C(F)(F)C(F)(F)F)cc2)nc1. The summed E-state index contributed by atoms with van der Waals surface area (Å²) in [5.41, 5.74) is 0.412. The molecule has 0 fully saturated rings. The molecule has 0 amide bonds. The lowest BCUT2D eigenvalue weighted by Gasteiger charge is -2.36. The van der Waals surface area contributed by atoms with Gasteiger partial charge in [0.1, 0.15) is 31.7 Å². The van der Waals surface area contributed by atoms with Gasteiger partial charge in [-0.1, -0.05) is 32.6 Å². The quantitative estimate of drug-likeness (QED) is 0.0818. The van der Waals surface area contributed by atoms with Gasteiger partial charge < -0.3 is 14.2 Å². The molecule has 0 spiro atoms. The second-order valence-electron chi connectivity index (χ2n) is 11.0. The molecule has 53 heavy (non-hydrogen) atoms. The summed E-state index contributed by atoms with van der Waals surface area (Å²) in [6.07, 6.45) is -32.5. The molecule has 2 aromatic rings. The number of hydrogen-bond donors (Lipinski definition) is 0. The number of halogens is 17. The average molecular weight is 809 g/mol. The van der Waals surface area contributed by atoms with Crippen molar-refractivity contribution >= 4 is 0 Å². The molecule has 2 unspecified atom stereocenters. The zero-order valence-corrected chi connectivity index (χ0v) is 26.8. The Hall–Kier alpha value is -3.41. The van der Waals surface area contributed by atoms with Crippen molar-refractivity contribution in [3.63, 3.8) is 0 Å². The van der Waals surface area contributed by atoms with Gasteiger partial charge in [-0.3, -0.25) is 0 Å². The van der Waals surface area contributed by atoms with E-state index in [-0.39, 0.29) is 23.9 Å². The number of benzene rings is 1. The van der Waals surface area contributed by atoms with Crippen molar-refractivity contribution in [2.75, 3.05) is 26.4 Å². The number of alkyl halides is 17. The largest absolute Gasteiger partial charge is 0.490 e. The highest BCUT2D eigenvalue weighted by molar-refractivity contribution is 5.56. The molecule has 0 aliphatic carbocycles. The summed E-state index contributed by atoms with van der Waals surface area (Å²) < 4.78 is 242. The molecule has 0 saturated heterocycles. The van der Waals surface area contributed by atoms with Crippen molar-refractivity contribution in [3.8, 4) is 22.9 Å². The zero-order valence-electron chi connectivity index (χ0n) is 26.8.